The Morgan fingerprint density at radius 3 is 2.33 bits per heavy atom. The van der Waals surface area contributed by atoms with Gasteiger partial charge in [-0.15, -0.1) is 0 Å². The van der Waals surface area contributed by atoms with Gasteiger partial charge < -0.3 is 23.8 Å². The fourth-order valence-electron chi connectivity index (χ4n) is 3.16. The van der Waals surface area contributed by atoms with E-state index in [0.717, 1.165) is 0 Å². The van der Waals surface area contributed by atoms with Crippen molar-refractivity contribution < 1.29 is 32.9 Å². The van der Waals surface area contributed by atoms with Gasteiger partial charge in [-0.2, -0.15) is 0 Å². The van der Waals surface area contributed by atoms with Crippen molar-refractivity contribution in [2.24, 2.45) is 0 Å². The molecule has 0 spiro atoms. The van der Waals surface area contributed by atoms with Gasteiger partial charge in [-0.3, -0.25) is 4.52 Å². The highest BCUT2D eigenvalue weighted by molar-refractivity contribution is 7.50. The molecule has 2 saturated heterocycles. The molecule has 0 aromatic carbocycles. The van der Waals surface area contributed by atoms with Gasteiger partial charge in [0.25, 0.3) is 0 Å². The Bertz CT molecular complexity index is 513. The van der Waals surface area contributed by atoms with E-state index in [4.69, 9.17) is 39.2 Å². The lowest BCUT2D eigenvalue weighted by atomic mass is 9.95. The fourth-order valence-corrected chi connectivity index (χ4v) is 4.28. The third-order valence-corrected chi connectivity index (χ3v) is 5.45. The quantitative estimate of drug-likeness (QED) is 0.411. The first-order valence-electron chi connectivity index (χ1n) is 9.40. The average Bonchev–Trinajstić information content (AvgIpc) is 3.04. The van der Waals surface area contributed by atoms with Crippen LogP contribution in [-0.2, 0) is 28.0 Å². The summed E-state index contributed by atoms with van der Waals surface area (Å²) in [7, 11) is 7.51. The molecule has 2 aliphatic heterocycles. The van der Waals surface area contributed by atoms with Crippen LogP contribution in [0.5, 0.6) is 0 Å². The van der Waals surface area contributed by atoms with E-state index in [1.807, 2.05) is 27.7 Å². The molecule has 7 atom stereocenters. The monoisotopic (exact) mass is 401 g/mol. The smallest absolute Gasteiger partial charge is 0.381 e. The van der Waals surface area contributed by atoms with E-state index in [2.05, 4.69) is 5.09 Å². The van der Waals surface area contributed by atoms with Gasteiger partial charge in [-0.1, -0.05) is 0 Å². The molecule has 4 radical (unpaired) electrons. The molecule has 2 N–H and O–H groups in total. The number of ether oxygens (including phenoxy) is 4. The average molecular weight is 401 g/mol. The van der Waals surface area contributed by atoms with E-state index in [-0.39, 0.29) is 31.5 Å². The molecule has 11 heteroatoms. The Labute approximate surface area is 164 Å². The molecule has 0 aliphatic carbocycles. The van der Waals surface area contributed by atoms with Crippen molar-refractivity contribution in [1.82, 2.24) is 5.09 Å². The van der Waals surface area contributed by atoms with E-state index in [0.29, 0.717) is 12.8 Å². The maximum Gasteiger partial charge on any atom is 0.403 e. The topological polar surface area (TPSA) is 95.5 Å². The molecule has 27 heavy (non-hydrogen) atoms. The summed E-state index contributed by atoms with van der Waals surface area (Å²) in [4.78, 5) is 10.2. The number of rotatable bonds is 10. The summed E-state index contributed by atoms with van der Waals surface area (Å²) in [6.07, 6.45) is -0.324. The molecule has 0 amide bonds. The van der Waals surface area contributed by atoms with Crippen LogP contribution in [0.3, 0.4) is 0 Å². The van der Waals surface area contributed by atoms with Crippen LogP contribution in [0.15, 0.2) is 0 Å². The highest BCUT2D eigenvalue weighted by Gasteiger charge is 2.40. The predicted molar refractivity (Wildman–Crippen MR) is 102 cm³/mol. The minimum Gasteiger partial charge on any atom is -0.381 e. The molecule has 8 nitrogen and oxygen atoms in total. The third kappa shape index (κ3) is 7.78. The van der Waals surface area contributed by atoms with Gasteiger partial charge >= 0.3 is 7.75 Å². The van der Waals surface area contributed by atoms with Crippen molar-refractivity contribution in [1.29, 1.82) is 0 Å². The molecule has 2 rings (SSSR count). The minimum atomic E-state index is -4.10. The van der Waals surface area contributed by atoms with Crippen LogP contribution in [0.25, 0.3) is 0 Å². The Morgan fingerprint density at radius 2 is 1.70 bits per heavy atom. The van der Waals surface area contributed by atoms with Crippen molar-refractivity contribution in [3.8, 4) is 0 Å². The van der Waals surface area contributed by atoms with Crippen LogP contribution in [0.2, 0.25) is 0 Å². The Hall–Kier alpha value is 0.0799. The van der Waals surface area contributed by atoms with Gasteiger partial charge in [0.05, 0.1) is 37.6 Å². The summed E-state index contributed by atoms with van der Waals surface area (Å²) in [5.74, 6) is 0. The van der Waals surface area contributed by atoms with E-state index in [1.54, 1.807) is 0 Å². The zero-order chi connectivity index (χ0) is 20.2. The summed E-state index contributed by atoms with van der Waals surface area (Å²) in [6.45, 7) is 7.77. The van der Waals surface area contributed by atoms with Gasteiger partial charge in [0.1, 0.15) is 21.8 Å². The molecule has 0 bridgehead atoms. The van der Waals surface area contributed by atoms with Crippen LogP contribution in [0, 0.1) is 0 Å². The summed E-state index contributed by atoms with van der Waals surface area (Å²) >= 11 is 0. The molecular formula is C16H30B2NO7P. The van der Waals surface area contributed by atoms with Gasteiger partial charge in [0, 0.05) is 18.0 Å². The van der Waals surface area contributed by atoms with Crippen LogP contribution >= 0.6 is 7.75 Å². The van der Waals surface area contributed by atoms with Gasteiger partial charge in [-0.05, 0) is 40.5 Å². The van der Waals surface area contributed by atoms with Crippen molar-refractivity contribution in [2.75, 3.05) is 13.2 Å². The first-order chi connectivity index (χ1) is 12.6. The van der Waals surface area contributed by atoms with Gasteiger partial charge in [0.15, 0.2) is 0 Å². The molecule has 3 unspecified atom stereocenters. The molecule has 0 aromatic heterocycles. The largest absolute Gasteiger partial charge is 0.403 e. The molecule has 2 fully saturated rings. The maximum absolute atomic E-state index is 12.5. The summed E-state index contributed by atoms with van der Waals surface area (Å²) in [5.41, 5.74) is 0. The Balaban J connectivity index is 1.87. The standard InChI is InChI=1S/C16H30B2NO7P/c1-9(2)22-7-13-11(5-15(17)25-13)19-27(20,21)23-8-14-12(24-10(3)4)6-16(18)26-14/h9-16H,5-8H2,1-4H3,(H2,19,20,21)/t11?,12?,13-,14-,15-,16-/m1/s1. The second kappa shape index (κ2) is 10.2. The second-order valence-electron chi connectivity index (χ2n) is 7.55. The van der Waals surface area contributed by atoms with E-state index >= 15 is 0 Å². The zero-order valence-corrected chi connectivity index (χ0v) is 17.3. The maximum atomic E-state index is 12.5. The molecular weight excluding hydrogens is 371 g/mol. The lowest BCUT2D eigenvalue weighted by Crippen LogP contribution is -2.39. The van der Waals surface area contributed by atoms with E-state index in [9.17, 15) is 9.46 Å². The van der Waals surface area contributed by atoms with Crippen LogP contribution in [0.1, 0.15) is 40.5 Å². The van der Waals surface area contributed by atoms with Crippen molar-refractivity contribution in [2.45, 2.75) is 89.1 Å². The van der Waals surface area contributed by atoms with Gasteiger partial charge in [-0.25, -0.2) is 9.65 Å². The third-order valence-electron chi connectivity index (χ3n) is 4.30. The zero-order valence-electron chi connectivity index (χ0n) is 16.4. The second-order valence-corrected chi connectivity index (χ2v) is 9.11. The van der Waals surface area contributed by atoms with Crippen LogP contribution < -0.4 is 5.09 Å². The highest BCUT2D eigenvalue weighted by Crippen LogP contribution is 2.41. The lowest BCUT2D eigenvalue weighted by molar-refractivity contribution is -0.0559. The number of nitrogens with one attached hydrogen (secondary N) is 1. The summed E-state index contributed by atoms with van der Waals surface area (Å²) in [6, 6.07) is -1.46. The number of hydrogen-bond donors (Lipinski definition) is 2. The first-order valence-corrected chi connectivity index (χ1v) is 11.0. The minimum absolute atomic E-state index is 0.00991. The molecule has 152 valence electrons. The van der Waals surface area contributed by atoms with E-state index < -0.39 is 38.0 Å². The van der Waals surface area contributed by atoms with Crippen LogP contribution in [-0.4, -0.2) is 82.4 Å². The predicted octanol–water partition coefficient (Wildman–Crippen LogP) is 0.847. The van der Waals surface area contributed by atoms with Crippen molar-refractivity contribution in [3.05, 3.63) is 0 Å². The lowest BCUT2D eigenvalue weighted by Gasteiger charge is -2.25. The Morgan fingerprint density at radius 1 is 1.07 bits per heavy atom. The highest BCUT2D eigenvalue weighted by atomic mass is 31.2. The van der Waals surface area contributed by atoms with Crippen molar-refractivity contribution >= 4 is 23.4 Å². The molecule has 2 heterocycles. The molecule has 0 aromatic rings. The first kappa shape index (κ1) is 23.4. The summed E-state index contributed by atoms with van der Waals surface area (Å²) < 4.78 is 40.1. The van der Waals surface area contributed by atoms with Crippen LogP contribution in [0.4, 0.5) is 0 Å². The van der Waals surface area contributed by atoms with Crippen molar-refractivity contribution in [3.63, 3.8) is 0 Å². The van der Waals surface area contributed by atoms with E-state index in [1.165, 1.54) is 0 Å². The Kier molecular flexibility index (Phi) is 8.84. The fraction of sp³-hybridized carbons (Fsp3) is 1.00. The molecule has 2 aliphatic rings. The SMILES string of the molecule is [B][C@H]1CC(NP(=O)(O)OC[C@H]2O[C@@H]([B])CC2OC(C)C)[C@@H](COC(C)C)O1. The normalized spacial score (nSPS) is 36.6. The number of hydrogen-bond acceptors (Lipinski definition) is 6. The summed E-state index contributed by atoms with van der Waals surface area (Å²) in [5, 5.41) is 2.63. The molecule has 0 saturated carbocycles. The van der Waals surface area contributed by atoms with Gasteiger partial charge in [0.2, 0.25) is 0 Å².